The van der Waals surface area contributed by atoms with Crippen LogP contribution in [-0.2, 0) is 4.74 Å². The van der Waals surface area contributed by atoms with Crippen LogP contribution in [0.4, 0.5) is 0 Å². The maximum Gasteiger partial charge on any atom is 0.0806 e. The summed E-state index contributed by atoms with van der Waals surface area (Å²) >= 11 is 5.95. The van der Waals surface area contributed by atoms with Gasteiger partial charge in [0.15, 0.2) is 0 Å². The Bertz CT molecular complexity index is 342. The van der Waals surface area contributed by atoms with Crippen LogP contribution in [0.5, 0.6) is 0 Å². The molecule has 90 valence electrons. The lowest BCUT2D eigenvalue weighted by atomic mass is 9.97. The number of aliphatic hydroxyl groups excluding tert-OH is 1. The van der Waals surface area contributed by atoms with Gasteiger partial charge in [-0.05, 0) is 32.8 Å². The van der Waals surface area contributed by atoms with Crippen molar-refractivity contribution in [1.82, 2.24) is 4.98 Å². The molecule has 1 N–H and O–H groups in total. The Hall–Kier alpha value is -0.640. The van der Waals surface area contributed by atoms with Crippen molar-refractivity contribution in [1.29, 1.82) is 0 Å². The monoisotopic (exact) mass is 243 g/mol. The minimum atomic E-state index is -0.565. The lowest BCUT2D eigenvalue weighted by molar-refractivity contribution is 0.00279. The van der Waals surface area contributed by atoms with Gasteiger partial charge >= 0.3 is 0 Å². The van der Waals surface area contributed by atoms with E-state index in [-0.39, 0.29) is 5.60 Å². The molecule has 1 unspecified atom stereocenters. The Morgan fingerprint density at radius 3 is 2.81 bits per heavy atom. The molecule has 0 aromatic carbocycles. The first-order valence-electron chi connectivity index (χ1n) is 5.29. The van der Waals surface area contributed by atoms with E-state index in [1.165, 1.54) is 0 Å². The minimum absolute atomic E-state index is 0.222. The number of aliphatic hydroxyl groups is 1. The quantitative estimate of drug-likeness (QED) is 0.865. The molecule has 0 aliphatic heterocycles. The zero-order valence-corrected chi connectivity index (χ0v) is 10.7. The largest absolute Gasteiger partial charge is 0.388 e. The lowest BCUT2D eigenvalue weighted by Crippen LogP contribution is -2.23. The molecule has 4 heteroatoms. The second-order valence-electron chi connectivity index (χ2n) is 4.42. The van der Waals surface area contributed by atoms with Crippen LogP contribution in [0.25, 0.3) is 0 Å². The van der Waals surface area contributed by atoms with Gasteiger partial charge in [0.2, 0.25) is 0 Å². The molecule has 0 amide bonds. The van der Waals surface area contributed by atoms with Crippen LogP contribution < -0.4 is 0 Å². The summed E-state index contributed by atoms with van der Waals surface area (Å²) in [6.07, 6.45) is 3.99. The number of hydrogen-bond acceptors (Lipinski definition) is 3. The van der Waals surface area contributed by atoms with Crippen LogP contribution in [-0.4, -0.2) is 22.8 Å². The number of aromatic nitrogens is 1. The smallest absolute Gasteiger partial charge is 0.0806 e. The standard InChI is InChI=1S/C12H18ClNO2/c1-12(2,16-3)6-4-11(15)9-5-7-14-8-10(9)13/h5,7-8,11,15H,4,6H2,1-3H3. The first-order chi connectivity index (χ1) is 7.46. The van der Waals surface area contributed by atoms with Gasteiger partial charge < -0.3 is 9.84 Å². The van der Waals surface area contributed by atoms with Crippen molar-refractivity contribution in [2.24, 2.45) is 0 Å². The fourth-order valence-electron chi connectivity index (χ4n) is 1.40. The molecule has 1 rings (SSSR count). The fourth-order valence-corrected chi connectivity index (χ4v) is 1.64. The summed E-state index contributed by atoms with van der Waals surface area (Å²) in [6, 6.07) is 1.74. The first kappa shape index (κ1) is 13.4. The summed E-state index contributed by atoms with van der Waals surface area (Å²) in [5.74, 6) is 0. The van der Waals surface area contributed by atoms with Gasteiger partial charge in [-0.3, -0.25) is 4.98 Å². The maximum absolute atomic E-state index is 9.99. The molecule has 0 fully saturated rings. The normalized spacial score (nSPS) is 13.8. The molecule has 0 saturated heterocycles. The molecule has 1 atom stereocenters. The molecule has 0 spiro atoms. The van der Waals surface area contributed by atoms with Crippen molar-refractivity contribution < 1.29 is 9.84 Å². The van der Waals surface area contributed by atoms with Gasteiger partial charge in [-0.15, -0.1) is 0 Å². The van der Waals surface area contributed by atoms with Crippen molar-refractivity contribution in [3.63, 3.8) is 0 Å². The average Bonchev–Trinajstić information content (AvgIpc) is 2.27. The van der Waals surface area contributed by atoms with E-state index >= 15 is 0 Å². The Labute approximate surface area is 101 Å². The first-order valence-corrected chi connectivity index (χ1v) is 5.67. The molecule has 16 heavy (non-hydrogen) atoms. The third-order valence-electron chi connectivity index (χ3n) is 2.74. The molecule has 0 aliphatic carbocycles. The Morgan fingerprint density at radius 2 is 2.25 bits per heavy atom. The number of ether oxygens (including phenoxy) is 1. The summed E-state index contributed by atoms with van der Waals surface area (Å²) in [7, 11) is 1.67. The van der Waals surface area contributed by atoms with E-state index in [2.05, 4.69) is 4.98 Å². The molecule has 0 radical (unpaired) electrons. The number of nitrogens with zero attached hydrogens (tertiary/aromatic N) is 1. The summed E-state index contributed by atoms with van der Waals surface area (Å²) in [5.41, 5.74) is 0.504. The molecule has 0 bridgehead atoms. The fraction of sp³-hybridized carbons (Fsp3) is 0.583. The van der Waals surface area contributed by atoms with E-state index in [0.29, 0.717) is 11.4 Å². The number of hydrogen-bond donors (Lipinski definition) is 1. The average molecular weight is 244 g/mol. The van der Waals surface area contributed by atoms with E-state index in [9.17, 15) is 5.11 Å². The van der Waals surface area contributed by atoms with Crippen molar-refractivity contribution in [3.8, 4) is 0 Å². The van der Waals surface area contributed by atoms with Crippen LogP contribution in [0.1, 0.15) is 38.4 Å². The SMILES string of the molecule is COC(C)(C)CCC(O)c1ccncc1Cl. The molecule has 1 aromatic rings. The second-order valence-corrected chi connectivity index (χ2v) is 4.82. The van der Waals surface area contributed by atoms with E-state index in [1.807, 2.05) is 13.8 Å². The summed E-state index contributed by atoms with van der Waals surface area (Å²) < 4.78 is 5.30. The van der Waals surface area contributed by atoms with Crippen LogP contribution >= 0.6 is 11.6 Å². The third-order valence-corrected chi connectivity index (χ3v) is 3.05. The number of pyridine rings is 1. The predicted octanol–water partition coefficient (Wildman–Crippen LogP) is 2.97. The van der Waals surface area contributed by atoms with E-state index in [4.69, 9.17) is 16.3 Å². The van der Waals surface area contributed by atoms with Crippen molar-refractivity contribution in [3.05, 3.63) is 29.0 Å². The molecular formula is C12H18ClNO2. The zero-order valence-electron chi connectivity index (χ0n) is 9.90. The summed E-state index contributed by atoms with van der Waals surface area (Å²) in [6.45, 7) is 3.99. The van der Waals surface area contributed by atoms with Crippen LogP contribution in [0.15, 0.2) is 18.5 Å². The van der Waals surface area contributed by atoms with Gasteiger partial charge in [-0.25, -0.2) is 0 Å². The van der Waals surface area contributed by atoms with Crippen LogP contribution in [0.3, 0.4) is 0 Å². The summed E-state index contributed by atoms with van der Waals surface area (Å²) in [4.78, 5) is 3.88. The van der Waals surface area contributed by atoms with Gasteiger partial charge in [0, 0.05) is 25.1 Å². The highest BCUT2D eigenvalue weighted by atomic mass is 35.5. The predicted molar refractivity (Wildman–Crippen MR) is 64.5 cm³/mol. The number of halogens is 1. The molecule has 3 nitrogen and oxygen atoms in total. The van der Waals surface area contributed by atoms with Crippen molar-refractivity contribution >= 4 is 11.6 Å². The third kappa shape index (κ3) is 3.74. The number of methoxy groups -OCH3 is 1. The van der Waals surface area contributed by atoms with Gasteiger partial charge in [-0.1, -0.05) is 11.6 Å². The second kappa shape index (κ2) is 5.62. The molecule has 1 aromatic heterocycles. The zero-order chi connectivity index (χ0) is 12.2. The number of rotatable bonds is 5. The molecule has 0 aliphatic rings. The highest BCUT2D eigenvalue weighted by Crippen LogP contribution is 2.28. The molecule has 0 saturated carbocycles. The van der Waals surface area contributed by atoms with E-state index in [1.54, 1.807) is 25.6 Å². The van der Waals surface area contributed by atoms with Crippen LogP contribution in [0.2, 0.25) is 5.02 Å². The molecular weight excluding hydrogens is 226 g/mol. The van der Waals surface area contributed by atoms with Gasteiger partial charge in [0.05, 0.1) is 16.7 Å². The van der Waals surface area contributed by atoms with Gasteiger partial charge in [0.1, 0.15) is 0 Å². The Morgan fingerprint density at radius 1 is 1.56 bits per heavy atom. The summed E-state index contributed by atoms with van der Waals surface area (Å²) in [5, 5.41) is 10.5. The highest BCUT2D eigenvalue weighted by Gasteiger charge is 2.20. The highest BCUT2D eigenvalue weighted by molar-refractivity contribution is 6.31. The van der Waals surface area contributed by atoms with Gasteiger partial charge in [0.25, 0.3) is 0 Å². The van der Waals surface area contributed by atoms with Crippen molar-refractivity contribution in [2.45, 2.75) is 38.4 Å². The van der Waals surface area contributed by atoms with Gasteiger partial charge in [-0.2, -0.15) is 0 Å². The lowest BCUT2D eigenvalue weighted by Gasteiger charge is -2.24. The molecule has 1 heterocycles. The maximum atomic E-state index is 9.99. The minimum Gasteiger partial charge on any atom is -0.388 e. The van der Waals surface area contributed by atoms with Crippen molar-refractivity contribution in [2.75, 3.05) is 7.11 Å². The topological polar surface area (TPSA) is 42.4 Å². The van der Waals surface area contributed by atoms with Crippen LogP contribution in [0, 0.1) is 0 Å². The van der Waals surface area contributed by atoms with E-state index in [0.717, 1.165) is 12.0 Å². The Kier molecular flexibility index (Phi) is 4.71. The Balaban J connectivity index is 2.60. The van der Waals surface area contributed by atoms with E-state index < -0.39 is 6.10 Å².